The summed E-state index contributed by atoms with van der Waals surface area (Å²) in [6.45, 7) is 3.84. The summed E-state index contributed by atoms with van der Waals surface area (Å²) in [5.74, 6) is 0.321. The molecule has 1 aromatic heterocycles. The van der Waals surface area contributed by atoms with Gasteiger partial charge in [-0.05, 0) is 24.5 Å². The van der Waals surface area contributed by atoms with E-state index in [0.29, 0.717) is 12.3 Å². The third-order valence-corrected chi connectivity index (χ3v) is 4.26. The highest BCUT2D eigenvalue weighted by molar-refractivity contribution is 5.85. The van der Waals surface area contributed by atoms with Crippen LogP contribution in [0.5, 0.6) is 0 Å². The SMILES string of the molecule is CCCCC(=O)N1CCc2[nH]c3ccccc3c2CC1. The summed E-state index contributed by atoms with van der Waals surface area (Å²) in [5.41, 5.74) is 3.95. The molecule has 0 aliphatic carbocycles. The molecule has 3 nitrogen and oxygen atoms in total. The molecule has 1 aliphatic rings. The summed E-state index contributed by atoms with van der Waals surface area (Å²) in [6.07, 6.45) is 4.71. The molecule has 1 aromatic carbocycles. The predicted molar refractivity (Wildman–Crippen MR) is 81.8 cm³/mol. The van der Waals surface area contributed by atoms with Gasteiger partial charge < -0.3 is 9.88 Å². The molecule has 0 unspecified atom stereocenters. The summed E-state index contributed by atoms with van der Waals surface area (Å²) in [5, 5.41) is 1.32. The molecule has 0 radical (unpaired) electrons. The normalized spacial score (nSPS) is 15.2. The van der Waals surface area contributed by atoms with Gasteiger partial charge in [0.25, 0.3) is 0 Å². The van der Waals surface area contributed by atoms with Crippen molar-refractivity contribution in [2.24, 2.45) is 0 Å². The molecule has 0 bridgehead atoms. The number of carbonyl (C=O) groups excluding carboxylic acids is 1. The van der Waals surface area contributed by atoms with E-state index in [2.05, 4.69) is 36.2 Å². The molecule has 3 heteroatoms. The van der Waals surface area contributed by atoms with Gasteiger partial charge in [0.2, 0.25) is 5.91 Å². The van der Waals surface area contributed by atoms with Crippen LogP contribution in [0.25, 0.3) is 10.9 Å². The lowest BCUT2D eigenvalue weighted by atomic mass is 10.1. The minimum atomic E-state index is 0.321. The lowest BCUT2D eigenvalue weighted by Crippen LogP contribution is -2.33. The van der Waals surface area contributed by atoms with Crippen molar-refractivity contribution in [3.05, 3.63) is 35.5 Å². The van der Waals surface area contributed by atoms with Crippen molar-refractivity contribution in [3.8, 4) is 0 Å². The van der Waals surface area contributed by atoms with Crippen LogP contribution >= 0.6 is 0 Å². The first kappa shape index (κ1) is 13.2. The topological polar surface area (TPSA) is 36.1 Å². The predicted octanol–water partition coefficient (Wildman–Crippen LogP) is 3.29. The Morgan fingerprint density at radius 2 is 2.05 bits per heavy atom. The molecule has 20 heavy (non-hydrogen) atoms. The molecule has 3 rings (SSSR count). The van der Waals surface area contributed by atoms with E-state index in [4.69, 9.17) is 0 Å². The molecule has 0 fully saturated rings. The quantitative estimate of drug-likeness (QED) is 0.913. The summed E-state index contributed by atoms with van der Waals surface area (Å²) >= 11 is 0. The van der Waals surface area contributed by atoms with Gasteiger partial charge in [-0.2, -0.15) is 0 Å². The van der Waals surface area contributed by atoms with Crippen LogP contribution in [0.4, 0.5) is 0 Å². The van der Waals surface area contributed by atoms with Gasteiger partial charge >= 0.3 is 0 Å². The van der Waals surface area contributed by atoms with Gasteiger partial charge in [0.15, 0.2) is 0 Å². The first-order valence-electron chi connectivity index (χ1n) is 7.66. The largest absolute Gasteiger partial charge is 0.358 e. The summed E-state index contributed by atoms with van der Waals surface area (Å²) in [6, 6.07) is 8.47. The van der Waals surface area contributed by atoms with Crippen LogP contribution in [0.1, 0.15) is 37.4 Å². The highest BCUT2D eigenvalue weighted by atomic mass is 16.2. The Balaban J connectivity index is 1.77. The fourth-order valence-corrected chi connectivity index (χ4v) is 3.10. The fraction of sp³-hybridized carbons (Fsp3) is 0.471. The molecule has 2 aromatic rings. The lowest BCUT2D eigenvalue weighted by molar-refractivity contribution is -0.131. The number of carbonyl (C=O) groups is 1. The number of unbranched alkanes of at least 4 members (excludes halogenated alkanes) is 1. The second-order valence-electron chi connectivity index (χ2n) is 5.61. The van der Waals surface area contributed by atoms with Crippen LogP contribution in [0, 0.1) is 0 Å². The van der Waals surface area contributed by atoms with E-state index in [-0.39, 0.29) is 0 Å². The third-order valence-electron chi connectivity index (χ3n) is 4.26. The van der Waals surface area contributed by atoms with Crippen molar-refractivity contribution in [2.75, 3.05) is 13.1 Å². The average Bonchev–Trinajstić information content (AvgIpc) is 2.69. The zero-order chi connectivity index (χ0) is 13.9. The first-order chi connectivity index (χ1) is 9.79. The number of nitrogens with zero attached hydrogens (tertiary/aromatic N) is 1. The number of aromatic nitrogens is 1. The Hall–Kier alpha value is -1.77. The molecule has 0 saturated heterocycles. The number of fused-ring (bicyclic) bond motifs is 3. The van der Waals surface area contributed by atoms with Crippen LogP contribution in [0.2, 0.25) is 0 Å². The molecule has 0 spiro atoms. The van der Waals surface area contributed by atoms with E-state index in [1.165, 1.54) is 22.2 Å². The highest BCUT2D eigenvalue weighted by Crippen LogP contribution is 2.25. The fourth-order valence-electron chi connectivity index (χ4n) is 3.10. The monoisotopic (exact) mass is 270 g/mol. The van der Waals surface area contributed by atoms with E-state index in [1.807, 2.05) is 4.90 Å². The van der Waals surface area contributed by atoms with Gasteiger partial charge in [-0.25, -0.2) is 0 Å². The van der Waals surface area contributed by atoms with Gasteiger partial charge in [-0.15, -0.1) is 0 Å². The molecule has 1 N–H and O–H groups in total. The molecule has 0 saturated carbocycles. The maximum absolute atomic E-state index is 12.2. The number of nitrogens with one attached hydrogen (secondary N) is 1. The molecule has 0 atom stereocenters. The minimum absolute atomic E-state index is 0.321. The summed E-state index contributed by atoms with van der Waals surface area (Å²) in [4.78, 5) is 17.7. The second-order valence-corrected chi connectivity index (χ2v) is 5.61. The number of para-hydroxylation sites is 1. The number of H-pyrrole nitrogens is 1. The standard InChI is InChI=1S/C17H22N2O/c1-2-3-8-17(20)19-11-9-14-13-6-4-5-7-15(13)18-16(14)10-12-19/h4-7,18H,2-3,8-12H2,1H3. The van der Waals surface area contributed by atoms with E-state index < -0.39 is 0 Å². The van der Waals surface area contributed by atoms with Gasteiger partial charge in [0.05, 0.1) is 0 Å². The van der Waals surface area contributed by atoms with Crippen molar-refractivity contribution in [1.82, 2.24) is 9.88 Å². The number of hydrogen-bond acceptors (Lipinski definition) is 1. The maximum Gasteiger partial charge on any atom is 0.222 e. The number of hydrogen-bond donors (Lipinski definition) is 1. The van der Waals surface area contributed by atoms with E-state index >= 15 is 0 Å². The van der Waals surface area contributed by atoms with E-state index in [0.717, 1.165) is 38.8 Å². The Morgan fingerprint density at radius 1 is 1.25 bits per heavy atom. The second kappa shape index (κ2) is 5.70. The first-order valence-corrected chi connectivity index (χ1v) is 7.66. The molecule has 106 valence electrons. The maximum atomic E-state index is 12.2. The third kappa shape index (κ3) is 2.45. The van der Waals surface area contributed by atoms with Gasteiger partial charge in [-0.3, -0.25) is 4.79 Å². The van der Waals surface area contributed by atoms with Crippen molar-refractivity contribution in [2.45, 2.75) is 39.0 Å². The van der Waals surface area contributed by atoms with Crippen molar-refractivity contribution >= 4 is 16.8 Å². The van der Waals surface area contributed by atoms with Gasteiger partial charge in [-0.1, -0.05) is 31.5 Å². The molecular formula is C17H22N2O. The highest BCUT2D eigenvalue weighted by Gasteiger charge is 2.20. The molecular weight excluding hydrogens is 248 g/mol. The lowest BCUT2D eigenvalue weighted by Gasteiger charge is -2.20. The number of benzene rings is 1. The van der Waals surface area contributed by atoms with Gasteiger partial charge in [0.1, 0.15) is 0 Å². The Morgan fingerprint density at radius 3 is 2.90 bits per heavy atom. The summed E-state index contributed by atoms with van der Waals surface area (Å²) < 4.78 is 0. The van der Waals surface area contributed by atoms with E-state index in [9.17, 15) is 4.79 Å². The van der Waals surface area contributed by atoms with Crippen LogP contribution in [-0.2, 0) is 17.6 Å². The van der Waals surface area contributed by atoms with E-state index in [1.54, 1.807) is 0 Å². The zero-order valence-electron chi connectivity index (χ0n) is 12.1. The average molecular weight is 270 g/mol. The van der Waals surface area contributed by atoms with Crippen LogP contribution in [-0.4, -0.2) is 28.9 Å². The Labute approximate surface area is 120 Å². The number of aromatic amines is 1. The molecule has 2 heterocycles. The van der Waals surface area contributed by atoms with Crippen LogP contribution in [0.3, 0.4) is 0 Å². The van der Waals surface area contributed by atoms with Crippen LogP contribution in [0.15, 0.2) is 24.3 Å². The van der Waals surface area contributed by atoms with Gasteiger partial charge in [0, 0.05) is 42.5 Å². The van der Waals surface area contributed by atoms with Crippen molar-refractivity contribution < 1.29 is 4.79 Å². The number of amides is 1. The smallest absolute Gasteiger partial charge is 0.222 e. The summed E-state index contributed by atoms with van der Waals surface area (Å²) in [7, 11) is 0. The molecule has 1 aliphatic heterocycles. The minimum Gasteiger partial charge on any atom is -0.358 e. The Kier molecular flexibility index (Phi) is 3.77. The van der Waals surface area contributed by atoms with Crippen molar-refractivity contribution in [3.63, 3.8) is 0 Å². The van der Waals surface area contributed by atoms with Crippen molar-refractivity contribution in [1.29, 1.82) is 0 Å². The Bertz CT molecular complexity index is 614. The van der Waals surface area contributed by atoms with Crippen LogP contribution < -0.4 is 0 Å². The number of rotatable bonds is 3. The zero-order valence-corrected chi connectivity index (χ0v) is 12.1. The molecule has 1 amide bonds.